The molecule has 2 aromatic carbocycles. The highest BCUT2D eigenvalue weighted by Crippen LogP contribution is 2.35. The van der Waals surface area contributed by atoms with E-state index < -0.39 is 35.6 Å². The molecule has 186 valence electrons. The maximum absolute atomic E-state index is 15.5. The number of ketones is 1. The molecule has 10 heteroatoms. The maximum atomic E-state index is 15.5. The Morgan fingerprint density at radius 3 is 2.49 bits per heavy atom. The van der Waals surface area contributed by atoms with E-state index in [2.05, 4.69) is 19.9 Å². The zero-order chi connectivity index (χ0) is 26.2. The van der Waals surface area contributed by atoms with Crippen molar-refractivity contribution in [2.45, 2.75) is 25.4 Å². The topological polar surface area (TPSA) is 68.1 Å². The third-order valence-electron chi connectivity index (χ3n) is 6.04. The van der Waals surface area contributed by atoms with Crippen LogP contribution in [-0.2, 0) is 25.4 Å². The average Bonchev–Trinajstić information content (AvgIpc) is 3.37. The molecule has 1 aliphatic heterocycles. The van der Waals surface area contributed by atoms with Crippen LogP contribution in [0.4, 0.5) is 27.6 Å². The Balaban J connectivity index is 1.44. The molecular formula is C27H17F5N4O. The van der Waals surface area contributed by atoms with Crippen molar-refractivity contribution in [3.63, 3.8) is 0 Å². The molecule has 5 rings (SSSR count). The van der Waals surface area contributed by atoms with Crippen molar-refractivity contribution in [3.8, 4) is 11.3 Å². The van der Waals surface area contributed by atoms with Gasteiger partial charge in [0.2, 0.25) is 0 Å². The van der Waals surface area contributed by atoms with Gasteiger partial charge in [0.05, 0.1) is 17.0 Å². The number of alkyl halides is 3. The lowest BCUT2D eigenvalue weighted by molar-refractivity contribution is -0.137. The Labute approximate surface area is 207 Å². The average molecular weight is 508 g/mol. The van der Waals surface area contributed by atoms with Crippen LogP contribution in [0.1, 0.15) is 38.4 Å². The molecule has 0 spiro atoms. The number of hydrogen-bond donors (Lipinski definition) is 0. The molecule has 0 atom stereocenters. The first-order valence-electron chi connectivity index (χ1n) is 11.2. The molecule has 0 fully saturated rings. The summed E-state index contributed by atoms with van der Waals surface area (Å²) >= 11 is 0. The van der Waals surface area contributed by atoms with Crippen molar-refractivity contribution in [1.82, 2.24) is 15.0 Å². The fourth-order valence-corrected chi connectivity index (χ4v) is 4.15. The van der Waals surface area contributed by atoms with Gasteiger partial charge in [-0.3, -0.25) is 14.8 Å². The first kappa shape index (κ1) is 24.4. The van der Waals surface area contributed by atoms with Crippen molar-refractivity contribution in [3.05, 3.63) is 106 Å². The van der Waals surface area contributed by atoms with Gasteiger partial charge in [0.15, 0.2) is 5.78 Å². The van der Waals surface area contributed by atoms with Crippen molar-refractivity contribution in [1.29, 1.82) is 0 Å². The summed E-state index contributed by atoms with van der Waals surface area (Å²) in [7, 11) is 0. The Morgan fingerprint density at radius 1 is 0.946 bits per heavy atom. The number of carbonyl (C=O) groups excluding carboxylic acids is 1. The Morgan fingerprint density at radius 2 is 1.73 bits per heavy atom. The number of hydrogen-bond acceptors (Lipinski definition) is 5. The highest BCUT2D eigenvalue weighted by Gasteiger charge is 2.30. The zero-order valence-electron chi connectivity index (χ0n) is 19.1. The van der Waals surface area contributed by atoms with E-state index in [1.165, 1.54) is 12.5 Å². The van der Waals surface area contributed by atoms with Crippen LogP contribution in [0.25, 0.3) is 11.3 Å². The Bertz CT molecular complexity index is 1530. The van der Waals surface area contributed by atoms with Crippen LogP contribution in [0, 0.1) is 11.6 Å². The summed E-state index contributed by atoms with van der Waals surface area (Å²) in [4.78, 5) is 29.8. The molecule has 0 radical (unpaired) electrons. The minimum Gasteiger partial charge on any atom is -0.294 e. The van der Waals surface area contributed by atoms with Crippen molar-refractivity contribution in [2.75, 3.05) is 0 Å². The van der Waals surface area contributed by atoms with E-state index in [0.717, 1.165) is 42.1 Å². The van der Waals surface area contributed by atoms with Gasteiger partial charge in [0.25, 0.3) is 0 Å². The lowest BCUT2D eigenvalue weighted by Gasteiger charge is -2.13. The molecule has 2 aromatic heterocycles. The second kappa shape index (κ2) is 9.61. The predicted octanol–water partition coefficient (Wildman–Crippen LogP) is 6.11. The normalized spacial score (nSPS) is 12.6. The van der Waals surface area contributed by atoms with Gasteiger partial charge in [-0.1, -0.05) is 18.2 Å². The second-order valence-corrected chi connectivity index (χ2v) is 8.38. The van der Waals surface area contributed by atoms with Crippen LogP contribution < -0.4 is 0 Å². The molecule has 5 nitrogen and oxygen atoms in total. The van der Waals surface area contributed by atoms with Crippen LogP contribution in [0.15, 0.2) is 66.0 Å². The lowest BCUT2D eigenvalue weighted by atomic mass is 9.96. The third kappa shape index (κ3) is 4.87. The number of pyridine rings is 1. The minimum absolute atomic E-state index is 0.0107. The summed E-state index contributed by atoms with van der Waals surface area (Å²) in [5.41, 5.74) is 1.44. The molecule has 1 aliphatic rings. The van der Waals surface area contributed by atoms with E-state index >= 15 is 4.39 Å². The van der Waals surface area contributed by atoms with Gasteiger partial charge in [0.1, 0.15) is 29.3 Å². The Hall–Kier alpha value is -4.34. The molecule has 3 heterocycles. The number of Topliss-reactive ketones (excluding diaryl/α,β-unsaturated/α-hetero) is 1. The standard InChI is InChI=1S/C27H17F5N4O/c28-20-8-5-16(12-23(37)15-3-6-17(7-4-15)27(30,31)32)24(29)19(20)13-22-18(2-1-10-33-22)25-26-21(9-11-34-26)35-14-36-25/h1-8,10-11,14H,9,12-13H2. The summed E-state index contributed by atoms with van der Waals surface area (Å²) in [6.07, 6.45) is -0.0614. The summed E-state index contributed by atoms with van der Waals surface area (Å²) in [6, 6.07) is 9.27. The molecule has 0 bridgehead atoms. The smallest absolute Gasteiger partial charge is 0.294 e. The number of rotatable bonds is 6. The van der Waals surface area contributed by atoms with Gasteiger partial charge in [0, 0.05) is 48.4 Å². The number of halogens is 5. The molecule has 4 aromatic rings. The molecule has 0 unspecified atom stereocenters. The van der Waals surface area contributed by atoms with Crippen LogP contribution in [0.2, 0.25) is 0 Å². The SMILES string of the molecule is O=C(Cc1ccc(F)c(Cc2ncccc2-c2ncnc3c2N=CC3)c1F)c1ccc(C(F)(F)F)cc1. The first-order valence-corrected chi connectivity index (χ1v) is 11.2. The van der Waals surface area contributed by atoms with Crippen LogP contribution in [-0.4, -0.2) is 26.9 Å². The van der Waals surface area contributed by atoms with Gasteiger partial charge in [-0.05, 0) is 35.9 Å². The second-order valence-electron chi connectivity index (χ2n) is 8.38. The largest absolute Gasteiger partial charge is 0.416 e. The fraction of sp³-hybridized carbons (Fsp3) is 0.148. The van der Waals surface area contributed by atoms with Gasteiger partial charge < -0.3 is 0 Å². The fourth-order valence-electron chi connectivity index (χ4n) is 4.15. The van der Waals surface area contributed by atoms with Crippen LogP contribution in [0.5, 0.6) is 0 Å². The predicted molar refractivity (Wildman–Crippen MR) is 126 cm³/mol. The maximum Gasteiger partial charge on any atom is 0.416 e. The summed E-state index contributed by atoms with van der Waals surface area (Å²) in [6.45, 7) is 0. The highest BCUT2D eigenvalue weighted by atomic mass is 19.4. The van der Waals surface area contributed by atoms with E-state index in [1.807, 2.05) is 0 Å². The summed E-state index contributed by atoms with van der Waals surface area (Å²) in [5, 5.41) is 0. The molecule has 0 saturated carbocycles. The third-order valence-corrected chi connectivity index (χ3v) is 6.04. The van der Waals surface area contributed by atoms with Gasteiger partial charge in [-0.2, -0.15) is 13.2 Å². The minimum atomic E-state index is -4.54. The Kier molecular flexibility index (Phi) is 6.32. The molecule has 0 saturated heterocycles. The van der Waals surface area contributed by atoms with Crippen LogP contribution >= 0.6 is 0 Å². The van der Waals surface area contributed by atoms with E-state index in [1.54, 1.807) is 18.3 Å². The zero-order valence-corrected chi connectivity index (χ0v) is 19.1. The van der Waals surface area contributed by atoms with Crippen LogP contribution in [0.3, 0.4) is 0 Å². The number of aliphatic imine (C=N–C) groups is 1. The van der Waals surface area contributed by atoms with Crippen molar-refractivity contribution >= 4 is 17.7 Å². The van der Waals surface area contributed by atoms with E-state index in [4.69, 9.17) is 0 Å². The van der Waals surface area contributed by atoms with Gasteiger partial charge >= 0.3 is 6.18 Å². The first-order chi connectivity index (χ1) is 17.7. The highest BCUT2D eigenvalue weighted by molar-refractivity contribution is 5.97. The quantitative estimate of drug-likeness (QED) is 0.233. The lowest BCUT2D eigenvalue weighted by Crippen LogP contribution is -2.10. The molecule has 37 heavy (non-hydrogen) atoms. The molecule has 0 N–H and O–H groups in total. The number of carbonyl (C=O) groups is 1. The van der Waals surface area contributed by atoms with E-state index in [-0.39, 0.29) is 23.1 Å². The van der Waals surface area contributed by atoms with E-state index in [0.29, 0.717) is 29.1 Å². The van der Waals surface area contributed by atoms with Gasteiger partial charge in [-0.25, -0.2) is 18.7 Å². The van der Waals surface area contributed by atoms with Crippen molar-refractivity contribution < 1.29 is 26.7 Å². The summed E-state index contributed by atoms with van der Waals surface area (Å²) in [5.74, 6) is -2.33. The summed E-state index contributed by atoms with van der Waals surface area (Å²) < 4.78 is 68.6. The van der Waals surface area contributed by atoms with E-state index in [9.17, 15) is 22.4 Å². The van der Waals surface area contributed by atoms with Gasteiger partial charge in [-0.15, -0.1) is 0 Å². The number of aromatic nitrogens is 3. The monoisotopic (exact) mass is 508 g/mol. The molecular weight excluding hydrogens is 491 g/mol. The number of nitrogens with zero attached hydrogens (tertiary/aromatic N) is 4. The van der Waals surface area contributed by atoms with Crippen molar-refractivity contribution in [2.24, 2.45) is 4.99 Å². The number of fused-ring (bicyclic) bond motifs is 1. The number of benzene rings is 2. The molecule has 0 aliphatic carbocycles. The molecule has 0 amide bonds.